The number of carbonyl (C=O) groups is 3. The molecule has 1 unspecified atom stereocenters. The van der Waals surface area contributed by atoms with Gasteiger partial charge in [0.15, 0.2) is 5.78 Å². The first kappa shape index (κ1) is 12.8. The number of nitrogens with one attached hydrogen (secondary N) is 2. The molecule has 0 bridgehead atoms. The highest BCUT2D eigenvalue weighted by molar-refractivity contribution is 6.14. The van der Waals surface area contributed by atoms with Crippen LogP contribution in [0.4, 0.5) is 11.4 Å². The molecule has 20 heavy (non-hydrogen) atoms. The zero-order chi connectivity index (χ0) is 14.1. The van der Waals surface area contributed by atoms with Gasteiger partial charge in [-0.15, -0.1) is 0 Å². The normalized spacial score (nSPS) is 21.7. The number of hydrogen-bond donors (Lipinski definition) is 2. The van der Waals surface area contributed by atoms with Gasteiger partial charge >= 0.3 is 0 Å². The van der Waals surface area contributed by atoms with Crippen LogP contribution in [0.1, 0.15) is 23.2 Å². The Balaban J connectivity index is 1.90. The van der Waals surface area contributed by atoms with Gasteiger partial charge in [-0.2, -0.15) is 0 Å². The molecule has 6 nitrogen and oxygen atoms in total. The fraction of sp³-hybridized carbons (Fsp3) is 0.357. The third-order valence-corrected chi connectivity index (χ3v) is 3.47. The fourth-order valence-corrected chi connectivity index (χ4v) is 2.42. The van der Waals surface area contributed by atoms with Crippen molar-refractivity contribution in [1.29, 1.82) is 0 Å². The molecule has 1 aromatic carbocycles. The lowest BCUT2D eigenvalue weighted by Crippen LogP contribution is -2.16. The van der Waals surface area contributed by atoms with E-state index in [4.69, 9.17) is 4.74 Å². The second-order valence-electron chi connectivity index (χ2n) is 4.96. The molecule has 0 radical (unpaired) electrons. The zero-order valence-corrected chi connectivity index (χ0v) is 10.8. The second-order valence-corrected chi connectivity index (χ2v) is 4.96. The van der Waals surface area contributed by atoms with Gasteiger partial charge < -0.3 is 15.4 Å². The molecule has 2 N–H and O–H groups in total. The zero-order valence-electron chi connectivity index (χ0n) is 10.8. The summed E-state index contributed by atoms with van der Waals surface area (Å²) in [6.07, 6.45) is 0.507. The number of amides is 2. The number of ketones is 1. The van der Waals surface area contributed by atoms with Gasteiger partial charge in [-0.1, -0.05) is 0 Å². The van der Waals surface area contributed by atoms with Gasteiger partial charge in [0.05, 0.1) is 18.0 Å². The number of fused-ring (bicyclic) bond motifs is 1. The Labute approximate surface area is 115 Å². The van der Waals surface area contributed by atoms with Crippen LogP contribution in [0.25, 0.3) is 0 Å². The fourth-order valence-electron chi connectivity index (χ4n) is 2.42. The summed E-state index contributed by atoms with van der Waals surface area (Å²) in [5.41, 5.74) is 1.50. The van der Waals surface area contributed by atoms with Crippen molar-refractivity contribution >= 4 is 29.0 Å². The molecular weight excluding hydrogens is 260 g/mol. The van der Waals surface area contributed by atoms with Gasteiger partial charge in [0.1, 0.15) is 6.42 Å². The van der Waals surface area contributed by atoms with E-state index in [0.29, 0.717) is 30.2 Å². The molecule has 104 valence electrons. The predicted molar refractivity (Wildman–Crippen MR) is 71.6 cm³/mol. The maximum absolute atomic E-state index is 12.3. The average molecular weight is 274 g/mol. The van der Waals surface area contributed by atoms with Crippen molar-refractivity contribution in [1.82, 2.24) is 0 Å². The maximum atomic E-state index is 12.3. The van der Waals surface area contributed by atoms with Crippen molar-refractivity contribution in [2.24, 2.45) is 5.92 Å². The van der Waals surface area contributed by atoms with Crippen LogP contribution in [0.3, 0.4) is 0 Å². The smallest absolute Gasteiger partial charge is 0.233 e. The van der Waals surface area contributed by atoms with Crippen molar-refractivity contribution in [3.63, 3.8) is 0 Å². The van der Waals surface area contributed by atoms with Crippen molar-refractivity contribution in [2.45, 2.75) is 12.8 Å². The molecule has 1 aromatic rings. The topological polar surface area (TPSA) is 84.5 Å². The molecule has 0 spiro atoms. The molecular formula is C14H14N2O4. The molecule has 2 aliphatic rings. The van der Waals surface area contributed by atoms with Gasteiger partial charge in [-0.25, -0.2) is 0 Å². The van der Waals surface area contributed by atoms with Gasteiger partial charge in [0.2, 0.25) is 11.8 Å². The van der Waals surface area contributed by atoms with Gasteiger partial charge in [-0.05, 0) is 24.6 Å². The lowest BCUT2D eigenvalue weighted by atomic mass is 9.96. The molecule has 6 heteroatoms. The Morgan fingerprint density at radius 1 is 1.15 bits per heavy atom. The van der Waals surface area contributed by atoms with Gasteiger partial charge in [0, 0.05) is 18.1 Å². The summed E-state index contributed by atoms with van der Waals surface area (Å²) in [6, 6.07) is 4.92. The molecule has 3 rings (SSSR count). The van der Waals surface area contributed by atoms with E-state index in [1.54, 1.807) is 18.2 Å². The number of benzene rings is 1. The average Bonchev–Trinajstić information content (AvgIpc) is 2.88. The Morgan fingerprint density at radius 2 is 1.90 bits per heavy atom. The SMILES string of the molecule is O=C1CC(=O)Nc2cc(C(=O)C3CCOC3)ccc2N1. The third kappa shape index (κ3) is 2.42. The van der Waals surface area contributed by atoms with Crippen molar-refractivity contribution < 1.29 is 19.1 Å². The summed E-state index contributed by atoms with van der Waals surface area (Å²) in [6.45, 7) is 1.05. The first-order chi connectivity index (χ1) is 9.63. The van der Waals surface area contributed by atoms with Crippen LogP contribution in [-0.4, -0.2) is 30.8 Å². The summed E-state index contributed by atoms with van der Waals surface area (Å²) < 4.78 is 5.22. The van der Waals surface area contributed by atoms with E-state index in [9.17, 15) is 14.4 Å². The minimum absolute atomic E-state index is 0.00937. The second kappa shape index (κ2) is 5.05. The largest absolute Gasteiger partial charge is 0.381 e. The van der Waals surface area contributed by atoms with E-state index in [2.05, 4.69) is 10.6 Å². The Morgan fingerprint density at radius 3 is 2.60 bits per heavy atom. The number of carbonyl (C=O) groups excluding carboxylic acids is 3. The molecule has 1 fully saturated rings. The van der Waals surface area contributed by atoms with E-state index < -0.39 is 0 Å². The van der Waals surface area contributed by atoms with Crippen LogP contribution < -0.4 is 10.6 Å². The van der Waals surface area contributed by atoms with Crippen molar-refractivity contribution in [2.75, 3.05) is 23.8 Å². The molecule has 2 heterocycles. The minimum atomic E-state index is -0.380. The van der Waals surface area contributed by atoms with E-state index in [0.717, 1.165) is 6.42 Å². The minimum Gasteiger partial charge on any atom is -0.381 e. The van der Waals surface area contributed by atoms with E-state index in [1.807, 2.05) is 0 Å². The molecule has 0 saturated carbocycles. The van der Waals surface area contributed by atoms with Crippen LogP contribution in [0, 0.1) is 5.92 Å². The Hall–Kier alpha value is -2.21. The standard InChI is InChI=1S/C14H14N2O4/c17-12-6-13(18)16-11-5-8(1-2-10(11)15-12)14(19)9-3-4-20-7-9/h1-2,5,9H,3-4,6-7H2,(H,15,17)(H,16,18). The van der Waals surface area contributed by atoms with Crippen molar-refractivity contribution in [3.05, 3.63) is 23.8 Å². The number of ether oxygens (including phenoxy) is 1. The number of rotatable bonds is 2. The first-order valence-electron chi connectivity index (χ1n) is 6.49. The van der Waals surface area contributed by atoms with Gasteiger partial charge in [0.25, 0.3) is 0 Å². The third-order valence-electron chi connectivity index (χ3n) is 3.47. The monoisotopic (exact) mass is 274 g/mol. The van der Waals surface area contributed by atoms with Crippen molar-refractivity contribution in [3.8, 4) is 0 Å². The number of hydrogen-bond acceptors (Lipinski definition) is 4. The van der Waals surface area contributed by atoms with Crippen LogP contribution in [-0.2, 0) is 14.3 Å². The maximum Gasteiger partial charge on any atom is 0.233 e. The predicted octanol–water partition coefficient (Wildman–Crippen LogP) is 1.19. The molecule has 1 saturated heterocycles. The van der Waals surface area contributed by atoms with Gasteiger partial charge in [-0.3, -0.25) is 14.4 Å². The lowest BCUT2D eigenvalue weighted by molar-refractivity contribution is -0.123. The molecule has 2 aliphatic heterocycles. The van der Waals surface area contributed by atoms with E-state index in [-0.39, 0.29) is 29.9 Å². The highest BCUT2D eigenvalue weighted by Crippen LogP contribution is 2.28. The highest BCUT2D eigenvalue weighted by Gasteiger charge is 2.26. The van der Waals surface area contributed by atoms with Crippen LogP contribution in [0.15, 0.2) is 18.2 Å². The number of Topliss-reactive ketones (excluding diaryl/α,β-unsaturated/α-hetero) is 1. The summed E-state index contributed by atoms with van der Waals surface area (Å²) in [5, 5.41) is 5.26. The Bertz CT molecular complexity index is 591. The quantitative estimate of drug-likeness (QED) is 0.626. The molecule has 0 aromatic heterocycles. The Kier molecular flexibility index (Phi) is 3.23. The van der Waals surface area contributed by atoms with Crippen LogP contribution in [0.5, 0.6) is 0 Å². The summed E-state index contributed by atoms with van der Waals surface area (Å²) in [5.74, 6) is -0.848. The molecule has 2 amide bonds. The summed E-state index contributed by atoms with van der Waals surface area (Å²) in [7, 11) is 0. The van der Waals surface area contributed by atoms with E-state index in [1.165, 1.54) is 0 Å². The van der Waals surface area contributed by atoms with E-state index >= 15 is 0 Å². The van der Waals surface area contributed by atoms with Crippen LogP contribution >= 0.6 is 0 Å². The molecule has 1 atom stereocenters. The van der Waals surface area contributed by atoms with Crippen LogP contribution in [0.2, 0.25) is 0 Å². The first-order valence-corrected chi connectivity index (χ1v) is 6.49. The number of anilines is 2. The summed E-state index contributed by atoms with van der Waals surface area (Å²) >= 11 is 0. The lowest BCUT2D eigenvalue weighted by Gasteiger charge is -2.11. The molecule has 0 aliphatic carbocycles. The summed E-state index contributed by atoms with van der Waals surface area (Å²) in [4.78, 5) is 35.2. The highest BCUT2D eigenvalue weighted by atomic mass is 16.5.